The van der Waals surface area contributed by atoms with Gasteiger partial charge in [-0.25, -0.2) is 18.6 Å². The van der Waals surface area contributed by atoms with Crippen molar-refractivity contribution in [1.29, 1.82) is 0 Å². The molecule has 2 N–H and O–H groups in total. The van der Waals surface area contributed by atoms with E-state index in [4.69, 9.17) is 4.74 Å². The fourth-order valence-corrected chi connectivity index (χ4v) is 2.04. The molecule has 0 saturated heterocycles. The number of fused-ring (bicyclic) bond motifs is 3. The van der Waals surface area contributed by atoms with Crippen LogP contribution in [-0.2, 0) is 0 Å². The molecule has 1 aromatic carbocycles. The Kier molecular flexibility index (Phi) is 2.74. The number of benzene rings is 1. The van der Waals surface area contributed by atoms with Crippen LogP contribution in [0.2, 0.25) is 0 Å². The Morgan fingerprint density at radius 1 is 1.45 bits per heavy atom. The summed E-state index contributed by atoms with van der Waals surface area (Å²) in [4.78, 5) is 18.1. The molecule has 1 amide bonds. The number of pyridine rings is 1. The van der Waals surface area contributed by atoms with Gasteiger partial charge in [-0.3, -0.25) is 0 Å². The molecule has 20 heavy (non-hydrogen) atoms. The van der Waals surface area contributed by atoms with E-state index < -0.39 is 17.7 Å². The SMILES string of the molecule is CNC(=O)Oc1cc(F)c(F)c2c1[nH]c1ncccc12. The predicted octanol–water partition coefficient (Wildman–Crippen LogP) is 2.71. The summed E-state index contributed by atoms with van der Waals surface area (Å²) < 4.78 is 32.6. The summed E-state index contributed by atoms with van der Waals surface area (Å²) >= 11 is 0. The summed E-state index contributed by atoms with van der Waals surface area (Å²) in [5.41, 5.74) is 0.565. The summed E-state index contributed by atoms with van der Waals surface area (Å²) in [7, 11) is 1.37. The number of aromatic amines is 1. The van der Waals surface area contributed by atoms with Crippen LogP contribution in [0.5, 0.6) is 5.75 Å². The number of nitrogens with one attached hydrogen (secondary N) is 2. The average molecular weight is 277 g/mol. The van der Waals surface area contributed by atoms with Crippen molar-refractivity contribution in [2.75, 3.05) is 7.05 Å². The fourth-order valence-electron chi connectivity index (χ4n) is 2.04. The molecule has 0 bridgehead atoms. The number of carbonyl (C=O) groups is 1. The zero-order chi connectivity index (χ0) is 14.3. The summed E-state index contributed by atoms with van der Waals surface area (Å²) in [6, 6.07) is 4.04. The molecule has 3 aromatic rings. The van der Waals surface area contributed by atoms with Gasteiger partial charge in [-0.05, 0) is 12.1 Å². The van der Waals surface area contributed by atoms with Gasteiger partial charge < -0.3 is 15.0 Å². The zero-order valence-electron chi connectivity index (χ0n) is 10.3. The molecule has 0 spiro atoms. The molecule has 5 nitrogen and oxygen atoms in total. The molecule has 0 unspecified atom stereocenters. The predicted molar refractivity (Wildman–Crippen MR) is 68.6 cm³/mol. The van der Waals surface area contributed by atoms with Gasteiger partial charge in [-0.15, -0.1) is 0 Å². The van der Waals surface area contributed by atoms with E-state index in [0.717, 1.165) is 6.07 Å². The fraction of sp³-hybridized carbons (Fsp3) is 0.0769. The second kappa shape index (κ2) is 4.44. The molecule has 3 rings (SSSR count). The number of ether oxygens (including phenoxy) is 1. The van der Waals surface area contributed by atoms with Crippen molar-refractivity contribution in [2.45, 2.75) is 0 Å². The summed E-state index contributed by atoms with van der Waals surface area (Å²) in [5.74, 6) is -2.21. The number of nitrogens with zero attached hydrogens (tertiary/aromatic N) is 1. The van der Waals surface area contributed by atoms with Gasteiger partial charge in [-0.1, -0.05) is 0 Å². The largest absolute Gasteiger partial charge is 0.412 e. The van der Waals surface area contributed by atoms with Crippen molar-refractivity contribution in [3.8, 4) is 5.75 Å². The van der Waals surface area contributed by atoms with Crippen LogP contribution in [0, 0.1) is 11.6 Å². The number of carbonyl (C=O) groups excluding carboxylic acids is 1. The first-order chi connectivity index (χ1) is 9.61. The van der Waals surface area contributed by atoms with Gasteiger partial charge in [-0.2, -0.15) is 0 Å². The maximum atomic E-state index is 14.0. The molecular formula is C13H9F2N3O2. The number of hydrogen-bond acceptors (Lipinski definition) is 3. The Labute approximate surface area is 111 Å². The molecule has 2 heterocycles. The van der Waals surface area contributed by atoms with Crippen molar-refractivity contribution in [3.05, 3.63) is 36.0 Å². The molecule has 0 aliphatic rings. The van der Waals surface area contributed by atoms with E-state index in [0.29, 0.717) is 11.0 Å². The van der Waals surface area contributed by atoms with Crippen LogP contribution in [0.25, 0.3) is 21.9 Å². The third-order valence-electron chi connectivity index (χ3n) is 2.91. The molecule has 0 radical (unpaired) electrons. The minimum atomic E-state index is -1.10. The maximum absolute atomic E-state index is 14.0. The molecule has 2 aromatic heterocycles. The van der Waals surface area contributed by atoms with Crippen molar-refractivity contribution in [3.63, 3.8) is 0 Å². The van der Waals surface area contributed by atoms with E-state index in [-0.39, 0.29) is 16.7 Å². The second-order valence-electron chi connectivity index (χ2n) is 4.08. The van der Waals surface area contributed by atoms with Crippen molar-refractivity contribution >= 4 is 28.0 Å². The van der Waals surface area contributed by atoms with Gasteiger partial charge in [0.15, 0.2) is 17.4 Å². The first-order valence-electron chi connectivity index (χ1n) is 5.75. The van der Waals surface area contributed by atoms with Crippen molar-refractivity contribution < 1.29 is 18.3 Å². The third-order valence-corrected chi connectivity index (χ3v) is 2.91. The molecule has 0 saturated carbocycles. The molecule has 102 valence electrons. The van der Waals surface area contributed by atoms with Crippen LogP contribution in [-0.4, -0.2) is 23.1 Å². The van der Waals surface area contributed by atoms with Crippen LogP contribution in [0.1, 0.15) is 0 Å². The molecule has 0 aliphatic heterocycles. The zero-order valence-corrected chi connectivity index (χ0v) is 10.3. The van der Waals surface area contributed by atoms with Crippen LogP contribution in [0.15, 0.2) is 24.4 Å². The lowest BCUT2D eigenvalue weighted by atomic mass is 10.1. The lowest BCUT2D eigenvalue weighted by molar-refractivity contribution is 0.203. The van der Waals surface area contributed by atoms with Gasteiger partial charge >= 0.3 is 6.09 Å². The highest BCUT2D eigenvalue weighted by Gasteiger charge is 2.19. The average Bonchev–Trinajstić information content (AvgIpc) is 2.84. The number of rotatable bonds is 1. The summed E-state index contributed by atoms with van der Waals surface area (Å²) in [6.45, 7) is 0. The Balaban J connectivity index is 2.36. The molecule has 0 atom stereocenters. The van der Waals surface area contributed by atoms with Crippen molar-refractivity contribution in [2.24, 2.45) is 0 Å². The van der Waals surface area contributed by atoms with Crippen LogP contribution in [0.4, 0.5) is 13.6 Å². The molecule has 0 aliphatic carbocycles. The van der Waals surface area contributed by atoms with Gasteiger partial charge in [0.05, 0.1) is 10.9 Å². The van der Waals surface area contributed by atoms with E-state index in [2.05, 4.69) is 15.3 Å². The number of halogens is 2. The summed E-state index contributed by atoms with van der Waals surface area (Å²) in [6.07, 6.45) is 0.745. The maximum Gasteiger partial charge on any atom is 0.412 e. The molecule has 7 heteroatoms. The number of aromatic nitrogens is 2. The van der Waals surface area contributed by atoms with Gasteiger partial charge in [0.25, 0.3) is 0 Å². The standard InChI is InChI=1S/C13H9F2N3O2/c1-16-13(19)20-8-5-7(14)10(15)9-6-3-2-4-17-12(6)18-11(8)9/h2-5H,1H3,(H,16,19)(H,17,18). The lowest BCUT2D eigenvalue weighted by Gasteiger charge is -2.06. The first kappa shape index (κ1) is 12.3. The lowest BCUT2D eigenvalue weighted by Crippen LogP contribution is -2.22. The minimum absolute atomic E-state index is 0.00648. The topological polar surface area (TPSA) is 67.0 Å². The number of amides is 1. The summed E-state index contributed by atoms with van der Waals surface area (Å²) in [5, 5.41) is 2.66. The van der Waals surface area contributed by atoms with Crippen LogP contribution >= 0.6 is 0 Å². The van der Waals surface area contributed by atoms with E-state index in [9.17, 15) is 13.6 Å². The quantitative estimate of drug-likeness (QED) is 0.718. The van der Waals surface area contributed by atoms with E-state index in [1.54, 1.807) is 12.1 Å². The first-order valence-corrected chi connectivity index (χ1v) is 5.75. The van der Waals surface area contributed by atoms with Crippen LogP contribution < -0.4 is 10.1 Å². The van der Waals surface area contributed by atoms with Gasteiger partial charge in [0.1, 0.15) is 5.65 Å². The number of H-pyrrole nitrogens is 1. The minimum Gasteiger partial charge on any atom is -0.408 e. The van der Waals surface area contributed by atoms with E-state index in [1.165, 1.54) is 13.2 Å². The Morgan fingerprint density at radius 3 is 3.00 bits per heavy atom. The molecular weight excluding hydrogens is 268 g/mol. The Hall–Kier alpha value is -2.70. The van der Waals surface area contributed by atoms with Gasteiger partial charge in [0.2, 0.25) is 0 Å². The van der Waals surface area contributed by atoms with Gasteiger partial charge in [0, 0.05) is 24.7 Å². The van der Waals surface area contributed by atoms with Crippen molar-refractivity contribution in [1.82, 2.24) is 15.3 Å². The van der Waals surface area contributed by atoms with E-state index in [1.807, 2.05) is 0 Å². The Morgan fingerprint density at radius 2 is 2.25 bits per heavy atom. The highest BCUT2D eigenvalue weighted by atomic mass is 19.2. The molecule has 0 fully saturated rings. The normalized spacial score (nSPS) is 10.9. The smallest absolute Gasteiger partial charge is 0.408 e. The highest BCUT2D eigenvalue weighted by Crippen LogP contribution is 2.34. The van der Waals surface area contributed by atoms with E-state index >= 15 is 0 Å². The van der Waals surface area contributed by atoms with Crippen LogP contribution in [0.3, 0.4) is 0 Å². The second-order valence-corrected chi connectivity index (χ2v) is 4.08. The highest BCUT2D eigenvalue weighted by molar-refractivity contribution is 6.08. The Bertz CT molecular complexity index is 829. The third kappa shape index (κ3) is 1.75. The monoisotopic (exact) mass is 277 g/mol. The number of hydrogen-bond donors (Lipinski definition) is 2.